The first-order valence-corrected chi connectivity index (χ1v) is 8.30. The maximum absolute atomic E-state index is 6.04. The molecule has 0 aliphatic carbocycles. The molecule has 2 rings (SSSR count). The summed E-state index contributed by atoms with van der Waals surface area (Å²) in [4.78, 5) is 0. The summed E-state index contributed by atoms with van der Waals surface area (Å²) in [5, 5.41) is 0. The highest BCUT2D eigenvalue weighted by Crippen LogP contribution is 2.24. The van der Waals surface area contributed by atoms with Crippen molar-refractivity contribution in [2.75, 3.05) is 13.7 Å². The largest absolute Gasteiger partial charge is 0.489 e. The van der Waals surface area contributed by atoms with Gasteiger partial charge in [0.25, 0.3) is 0 Å². The van der Waals surface area contributed by atoms with E-state index in [9.17, 15) is 0 Å². The van der Waals surface area contributed by atoms with E-state index in [1.807, 2.05) is 12.1 Å². The highest BCUT2D eigenvalue weighted by Gasteiger charge is 2.12. The molecule has 0 N–H and O–H groups in total. The molecule has 0 amide bonds. The molecule has 0 saturated carbocycles. The van der Waals surface area contributed by atoms with Crippen LogP contribution < -0.4 is 4.74 Å². The van der Waals surface area contributed by atoms with E-state index in [-0.39, 0.29) is 5.41 Å². The lowest BCUT2D eigenvalue weighted by atomic mass is 9.87. The van der Waals surface area contributed by atoms with Crippen molar-refractivity contribution in [2.24, 2.45) is 0 Å². The van der Waals surface area contributed by atoms with Crippen LogP contribution in [0.1, 0.15) is 43.9 Å². The number of methoxy groups -OCH3 is 1. The number of aryl methyl sites for hydroxylation is 1. The monoisotopic (exact) mass is 312 g/mol. The van der Waals surface area contributed by atoms with Gasteiger partial charge in [0, 0.05) is 13.7 Å². The van der Waals surface area contributed by atoms with Crippen LogP contribution in [0.2, 0.25) is 0 Å². The predicted molar refractivity (Wildman–Crippen MR) is 96.1 cm³/mol. The van der Waals surface area contributed by atoms with Crippen LogP contribution in [0.3, 0.4) is 0 Å². The fraction of sp³-hybridized carbons (Fsp3) is 0.429. The van der Waals surface area contributed by atoms with Crippen LogP contribution >= 0.6 is 0 Å². The van der Waals surface area contributed by atoms with E-state index in [1.165, 1.54) is 16.7 Å². The molecule has 0 fully saturated rings. The Kier molecular flexibility index (Phi) is 6.23. The fourth-order valence-electron chi connectivity index (χ4n) is 2.52. The first-order valence-electron chi connectivity index (χ1n) is 8.30. The van der Waals surface area contributed by atoms with Crippen LogP contribution in [0.5, 0.6) is 5.75 Å². The molecule has 124 valence electrons. The molecule has 2 nitrogen and oxygen atoms in total. The van der Waals surface area contributed by atoms with Gasteiger partial charge in [0.05, 0.1) is 0 Å². The Morgan fingerprint density at radius 2 is 1.61 bits per heavy atom. The molecule has 0 unspecified atom stereocenters. The van der Waals surface area contributed by atoms with Crippen molar-refractivity contribution in [3.8, 4) is 5.75 Å². The third kappa shape index (κ3) is 5.40. The summed E-state index contributed by atoms with van der Waals surface area (Å²) < 4.78 is 11.2. The third-order valence-electron chi connectivity index (χ3n) is 3.98. The highest BCUT2D eigenvalue weighted by atomic mass is 16.5. The Balaban J connectivity index is 1.98. The predicted octanol–water partition coefficient (Wildman–Crippen LogP) is 5.14. The molecule has 0 radical (unpaired) electrons. The topological polar surface area (TPSA) is 18.5 Å². The van der Waals surface area contributed by atoms with E-state index in [0.29, 0.717) is 6.61 Å². The van der Waals surface area contributed by atoms with Gasteiger partial charge >= 0.3 is 0 Å². The second-order valence-corrected chi connectivity index (χ2v) is 6.94. The average molecular weight is 312 g/mol. The lowest BCUT2D eigenvalue weighted by molar-refractivity contribution is 0.194. The van der Waals surface area contributed by atoms with Crippen molar-refractivity contribution in [1.82, 2.24) is 0 Å². The zero-order valence-corrected chi connectivity index (χ0v) is 14.8. The van der Waals surface area contributed by atoms with E-state index >= 15 is 0 Å². The Hall–Kier alpha value is -1.80. The Morgan fingerprint density at radius 1 is 0.913 bits per heavy atom. The summed E-state index contributed by atoms with van der Waals surface area (Å²) in [7, 11) is 1.74. The van der Waals surface area contributed by atoms with Crippen molar-refractivity contribution in [3.63, 3.8) is 0 Å². The lowest BCUT2D eigenvalue weighted by Gasteiger charge is -2.19. The van der Waals surface area contributed by atoms with E-state index in [2.05, 4.69) is 57.2 Å². The first kappa shape index (κ1) is 17.6. The summed E-state index contributed by atoms with van der Waals surface area (Å²) in [5.74, 6) is 0.975. The number of hydrogen-bond acceptors (Lipinski definition) is 2. The molecule has 0 aliphatic rings. The first-order chi connectivity index (χ1) is 11.0. The maximum atomic E-state index is 6.04. The Morgan fingerprint density at radius 3 is 2.26 bits per heavy atom. The zero-order valence-electron chi connectivity index (χ0n) is 14.8. The standard InChI is InChI=1S/C21H28O2/c1-21(2,3)19-13-11-17(12-14-19)16-23-20-10-6-5-8-18(20)9-7-15-22-4/h5-6,8,10-14H,7,9,15-16H2,1-4H3. The average Bonchev–Trinajstić information content (AvgIpc) is 2.54. The van der Waals surface area contributed by atoms with Gasteiger partial charge in [0.2, 0.25) is 0 Å². The lowest BCUT2D eigenvalue weighted by Crippen LogP contribution is -2.10. The van der Waals surface area contributed by atoms with Gasteiger partial charge < -0.3 is 9.47 Å². The van der Waals surface area contributed by atoms with Crippen molar-refractivity contribution in [1.29, 1.82) is 0 Å². The van der Waals surface area contributed by atoms with Gasteiger partial charge in [-0.1, -0.05) is 63.2 Å². The molecule has 0 aliphatic heterocycles. The fourth-order valence-corrected chi connectivity index (χ4v) is 2.52. The molecule has 0 atom stereocenters. The van der Waals surface area contributed by atoms with Crippen LogP contribution in [0.25, 0.3) is 0 Å². The summed E-state index contributed by atoms with van der Waals surface area (Å²) in [6.45, 7) is 8.08. The number of rotatable bonds is 7. The molecular weight excluding hydrogens is 284 g/mol. The molecule has 2 heteroatoms. The minimum atomic E-state index is 0.188. The second-order valence-electron chi connectivity index (χ2n) is 6.94. The summed E-state index contributed by atoms with van der Waals surface area (Å²) in [6.07, 6.45) is 1.99. The number of ether oxygens (including phenoxy) is 2. The van der Waals surface area contributed by atoms with Gasteiger partial charge in [0.1, 0.15) is 12.4 Å². The molecule has 0 saturated heterocycles. The second kappa shape index (κ2) is 8.16. The quantitative estimate of drug-likeness (QED) is 0.659. The molecule has 23 heavy (non-hydrogen) atoms. The van der Waals surface area contributed by atoms with E-state index < -0.39 is 0 Å². The van der Waals surface area contributed by atoms with Crippen molar-refractivity contribution in [2.45, 2.75) is 45.6 Å². The number of hydrogen-bond donors (Lipinski definition) is 0. The molecule has 2 aromatic carbocycles. The summed E-state index contributed by atoms with van der Waals surface area (Å²) in [6, 6.07) is 17.0. The summed E-state index contributed by atoms with van der Waals surface area (Å²) >= 11 is 0. The Bertz CT molecular complexity index is 594. The minimum absolute atomic E-state index is 0.188. The summed E-state index contributed by atoms with van der Waals surface area (Å²) in [5.41, 5.74) is 3.98. The molecule has 0 heterocycles. The highest BCUT2D eigenvalue weighted by molar-refractivity contribution is 5.34. The van der Waals surface area contributed by atoms with Crippen LogP contribution in [0.4, 0.5) is 0 Å². The van der Waals surface area contributed by atoms with Crippen LogP contribution in [-0.2, 0) is 23.2 Å². The smallest absolute Gasteiger partial charge is 0.122 e. The van der Waals surface area contributed by atoms with Crippen LogP contribution in [-0.4, -0.2) is 13.7 Å². The van der Waals surface area contributed by atoms with Crippen molar-refractivity contribution in [3.05, 3.63) is 65.2 Å². The van der Waals surface area contributed by atoms with E-state index in [0.717, 1.165) is 25.2 Å². The third-order valence-corrected chi connectivity index (χ3v) is 3.98. The van der Waals surface area contributed by atoms with Gasteiger partial charge in [0.15, 0.2) is 0 Å². The van der Waals surface area contributed by atoms with Gasteiger partial charge in [-0.25, -0.2) is 0 Å². The number of benzene rings is 2. The Labute approximate surface area is 140 Å². The molecule has 2 aromatic rings. The van der Waals surface area contributed by atoms with Crippen molar-refractivity contribution >= 4 is 0 Å². The normalized spacial score (nSPS) is 11.5. The molecule has 0 spiro atoms. The van der Waals surface area contributed by atoms with Crippen LogP contribution in [0.15, 0.2) is 48.5 Å². The minimum Gasteiger partial charge on any atom is -0.489 e. The number of para-hydroxylation sites is 1. The molecular formula is C21H28O2. The van der Waals surface area contributed by atoms with Crippen molar-refractivity contribution < 1.29 is 9.47 Å². The van der Waals surface area contributed by atoms with E-state index in [1.54, 1.807) is 7.11 Å². The van der Waals surface area contributed by atoms with Gasteiger partial charge in [-0.15, -0.1) is 0 Å². The zero-order chi connectivity index (χ0) is 16.7. The van der Waals surface area contributed by atoms with E-state index in [4.69, 9.17) is 9.47 Å². The maximum Gasteiger partial charge on any atom is 0.122 e. The van der Waals surface area contributed by atoms with Gasteiger partial charge in [-0.2, -0.15) is 0 Å². The van der Waals surface area contributed by atoms with Gasteiger partial charge in [-0.05, 0) is 41.0 Å². The SMILES string of the molecule is COCCCc1ccccc1OCc1ccc(C(C)(C)C)cc1. The molecule has 0 bridgehead atoms. The molecule has 0 aromatic heterocycles. The van der Waals surface area contributed by atoms with Crippen LogP contribution in [0, 0.1) is 0 Å². The van der Waals surface area contributed by atoms with Gasteiger partial charge in [-0.3, -0.25) is 0 Å².